The first-order chi connectivity index (χ1) is 12.8. The fourth-order valence-electron chi connectivity index (χ4n) is 3.06. The highest BCUT2D eigenvalue weighted by Crippen LogP contribution is 2.29. The van der Waals surface area contributed by atoms with Gasteiger partial charge in [0.2, 0.25) is 5.91 Å². The Bertz CT molecular complexity index is 850. The van der Waals surface area contributed by atoms with Crippen molar-refractivity contribution in [1.82, 2.24) is 4.90 Å². The van der Waals surface area contributed by atoms with Crippen molar-refractivity contribution in [3.05, 3.63) is 24.3 Å². The summed E-state index contributed by atoms with van der Waals surface area (Å²) < 4.78 is 36.1. The monoisotopic (exact) mass is 393 g/mol. The molecule has 1 heterocycles. The largest absolute Gasteiger partial charge is 0.481 e. The minimum absolute atomic E-state index is 0.0128. The van der Waals surface area contributed by atoms with Crippen molar-refractivity contribution in [2.45, 2.75) is 42.9 Å². The molecule has 2 unspecified atom stereocenters. The van der Waals surface area contributed by atoms with Crippen molar-refractivity contribution in [3.8, 4) is 17.6 Å². The van der Waals surface area contributed by atoms with E-state index in [0.29, 0.717) is 5.75 Å². The number of carbonyl (C=O) groups excluding carboxylic acids is 2. The summed E-state index contributed by atoms with van der Waals surface area (Å²) >= 11 is 0. The van der Waals surface area contributed by atoms with E-state index in [4.69, 9.17) is 9.47 Å². The van der Waals surface area contributed by atoms with E-state index in [1.54, 1.807) is 19.1 Å². The number of ether oxygens (including phenoxy) is 2. The number of carbonyl (C=O) groups is 2. The maximum Gasteiger partial charge on any atom is 0.328 e. The van der Waals surface area contributed by atoms with Crippen molar-refractivity contribution in [3.63, 3.8) is 0 Å². The Morgan fingerprint density at radius 2 is 1.93 bits per heavy atom. The molecule has 0 radical (unpaired) electrons. The number of rotatable bonds is 5. The number of hydrogen-bond acceptors (Lipinski definition) is 6. The summed E-state index contributed by atoms with van der Waals surface area (Å²) in [5, 5.41) is -0.769. The minimum Gasteiger partial charge on any atom is -0.481 e. The van der Waals surface area contributed by atoms with E-state index in [-0.39, 0.29) is 36.8 Å². The molecule has 1 saturated heterocycles. The van der Waals surface area contributed by atoms with Crippen LogP contribution < -0.4 is 4.74 Å². The molecule has 0 saturated carbocycles. The molecule has 8 heteroatoms. The molecule has 0 aliphatic carbocycles. The van der Waals surface area contributed by atoms with Crippen molar-refractivity contribution in [2.24, 2.45) is 0 Å². The lowest BCUT2D eigenvalue weighted by Crippen LogP contribution is -2.52. The molecular weight excluding hydrogens is 370 g/mol. The fraction of sp³-hybridized carbons (Fsp3) is 0.474. The summed E-state index contributed by atoms with van der Waals surface area (Å²) in [6, 6.07) is 5.22. The number of likely N-dealkylation sites (tertiary alicyclic amines) is 1. The Morgan fingerprint density at radius 1 is 1.26 bits per heavy atom. The molecule has 2 atom stereocenters. The predicted molar refractivity (Wildman–Crippen MR) is 98.8 cm³/mol. The summed E-state index contributed by atoms with van der Waals surface area (Å²) in [7, 11) is -2.43. The Morgan fingerprint density at radius 3 is 2.48 bits per heavy atom. The van der Waals surface area contributed by atoms with Crippen LogP contribution in [0.2, 0.25) is 0 Å². The Balaban J connectivity index is 2.19. The fourth-order valence-corrected chi connectivity index (χ4v) is 4.81. The van der Waals surface area contributed by atoms with Crippen LogP contribution in [0.3, 0.4) is 0 Å². The highest BCUT2D eigenvalue weighted by atomic mass is 32.2. The van der Waals surface area contributed by atoms with E-state index >= 15 is 0 Å². The topological polar surface area (TPSA) is 90.0 Å². The summed E-state index contributed by atoms with van der Waals surface area (Å²) in [6.45, 7) is 3.48. The molecule has 0 spiro atoms. The summed E-state index contributed by atoms with van der Waals surface area (Å²) in [4.78, 5) is 25.3. The number of nitrogens with zero attached hydrogens (tertiary/aromatic N) is 1. The molecule has 1 aliphatic rings. The maximum absolute atomic E-state index is 13.0. The van der Waals surface area contributed by atoms with Gasteiger partial charge in [-0.05, 0) is 44.0 Å². The van der Waals surface area contributed by atoms with Gasteiger partial charge < -0.3 is 14.4 Å². The van der Waals surface area contributed by atoms with E-state index in [9.17, 15) is 18.0 Å². The molecule has 146 valence electrons. The lowest BCUT2D eigenvalue weighted by molar-refractivity contribution is -0.153. The average Bonchev–Trinajstić information content (AvgIpc) is 2.67. The van der Waals surface area contributed by atoms with Crippen molar-refractivity contribution >= 4 is 21.7 Å². The molecule has 1 fully saturated rings. The van der Waals surface area contributed by atoms with Gasteiger partial charge in [-0.25, -0.2) is 13.2 Å². The highest BCUT2D eigenvalue weighted by Gasteiger charge is 2.41. The summed E-state index contributed by atoms with van der Waals surface area (Å²) in [6.07, 6.45) is 0.276. The molecule has 1 amide bonds. The molecule has 0 N–H and O–H groups in total. The summed E-state index contributed by atoms with van der Waals surface area (Å²) in [5.74, 6) is 5.11. The zero-order valence-corrected chi connectivity index (χ0v) is 16.4. The van der Waals surface area contributed by atoms with Crippen molar-refractivity contribution in [2.75, 3.05) is 20.3 Å². The molecule has 1 aliphatic heterocycles. The van der Waals surface area contributed by atoms with Gasteiger partial charge in [0.25, 0.3) is 0 Å². The number of amides is 1. The van der Waals surface area contributed by atoms with Gasteiger partial charge in [-0.3, -0.25) is 4.79 Å². The quantitative estimate of drug-likeness (QED) is 0.555. The van der Waals surface area contributed by atoms with Crippen LogP contribution in [0, 0.1) is 11.8 Å². The minimum atomic E-state index is -3.66. The van der Waals surface area contributed by atoms with E-state index in [1.807, 2.05) is 0 Å². The van der Waals surface area contributed by atoms with Gasteiger partial charge in [0.1, 0.15) is 18.4 Å². The second kappa shape index (κ2) is 8.91. The van der Waals surface area contributed by atoms with Crippen LogP contribution in [-0.2, 0) is 24.2 Å². The molecular formula is C19H23NO6S. The van der Waals surface area contributed by atoms with Gasteiger partial charge in [0.15, 0.2) is 9.84 Å². The zero-order valence-electron chi connectivity index (χ0n) is 15.6. The van der Waals surface area contributed by atoms with Crippen molar-refractivity contribution in [1.29, 1.82) is 0 Å². The van der Waals surface area contributed by atoms with Crippen LogP contribution in [-0.4, -0.2) is 56.7 Å². The van der Waals surface area contributed by atoms with Gasteiger partial charge in [-0.15, -0.1) is 5.92 Å². The van der Waals surface area contributed by atoms with Crippen LogP contribution in [0.5, 0.6) is 5.75 Å². The third kappa shape index (κ3) is 4.80. The Hall–Kier alpha value is -2.53. The number of sulfone groups is 1. The van der Waals surface area contributed by atoms with E-state index < -0.39 is 27.1 Å². The van der Waals surface area contributed by atoms with E-state index in [1.165, 1.54) is 31.1 Å². The predicted octanol–water partition coefficient (Wildman–Crippen LogP) is 1.41. The lowest BCUT2D eigenvalue weighted by Gasteiger charge is -2.36. The second-order valence-electron chi connectivity index (χ2n) is 6.13. The number of methoxy groups -OCH3 is 1. The number of benzene rings is 1. The molecule has 2 rings (SSSR count). The van der Waals surface area contributed by atoms with Gasteiger partial charge in [0, 0.05) is 13.5 Å². The summed E-state index contributed by atoms with van der Waals surface area (Å²) in [5.41, 5.74) is 0. The molecule has 27 heavy (non-hydrogen) atoms. The third-order valence-electron chi connectivity index (χ3n) is 4.51. The van der Waals surface area contributed by atoms with Crippen molar-refractivity contribution < 1.29 is 27.5 Å². The lowest BCUT2D eigenvalue weighted by atomic mass is 10.0. The normalized spacial score (nSPS) is 19.6. The van der Waals surface area contributed by atoms with Gasteiger partial charge >= 0.3 is 5.97 Å². The van der Waals surface area contributed by atoms with Crippen LogP contribution in [0.15, 0.2) is 29.2 Å². The van der Waals surface area contributed by atoms with Gasteiger partial charge in [-0.1, -0.05) is 5.92 Å². The number of piperidine rings is 1. The SMILES string of the molecule is CC#CCOc1ccc(S(=O)(=O)C2CCN(C(C)=O)C(C(=O)OC)C2)cc1. The number of hydrogen-bond donors (Lipinski definition) is 0. The second-order valence-corrected chi connectivity index (χ2v) is 8.36. The van der Waals surface area contributed by atoms with E-state index in [0.717, 1.165) is 0 Å². The zero-order chi connectivity index (χ0) is 20.0. The maximum atomic E-state index is 13.0. The molecule has 7 nitrogen and oxygen atoms in total. The average molecular weight is 393 g/mol. The third-order valence-corrected chi connectivity index (χ3v) is 6.75. The molecule has 1 aromatic rings. The smallest absolute Gasteiger partial charge is 0.328 e. The van der Waals surface area contributed by atoms with Crippen LogP contribution in [0.25, 0.3) is 0 Å². The van der Waals surface area contributed by atoms with Crippen LogP contribution in [0.1, 0.15) is 26.7 Å². The molecule has 0 bridgehead atoms. The number of esters is 1. The first-order valence-corrected chi connectivity index (χ1v) is 10.1. The molecule has 1 aromatic carbocycles. The first-order valence-electron chi connectivity index (χ1n) is 8.52. The van der Waals surface area contributed by atoms with E-state index in [2.05, 4.69) is 11.8 Å². The van der Waals surface area contributed by atoms with Gasteiger partial charge in [-0.2, -0.15) is 0 Å². The van der Waals surface area contributed by atoms with Crippen LogP contribution in [0.4, 0.5) is 0 Å². The first kappa shape index (κ1) is 20.8. The molecule has 0 aromatic heterocycles. The van der Waals surface area contributed by atoms with Gasteiger partial charge in [0.05, 0.1) is 17.3 Å². The van der Waals surface area contributed by atoms with Crippen LogP contribution >= 0.6 is 0 Å². The highest BCUT2D eigenvalue weighted by molar-refractivity contribution is 7.92. The Kier molecular flexibility index (Phi) is 6.86. The Labute approximate surface area is 159 Å². The standard InChI is InChI=1S/C19H23NO6S/c1-4-5-12-26-15-6-8-16(9-7-15)27(23,24)17-10-11-20(14(2)21)18(13-17)19(22)25-3/h6-9,17-18H,10-13H2,1-3H3.